The summed E-state index contributed by atoms with van der Waals surface area (Å²) in [6.45, 7) is 11.5. The largest absolute Gasteiger partial charge is 0.394 e. The number of rotatable bonds is 18. The Balaban J connectivity index is 1.83. The maximum Gasteiger partial charge on any atom is 0.246 e. The number of fused-ring (bicyclic) bond motifs is 2. The molecule has 3 amide bonds. The van der Waals surface area contributed by atoms with Crippen molar-refractivity contribution in [2.24, 2.45) is 29.4 Å². The maximum absolute atomic E-state index is 15.4. The number of hydrogen-bond acceptors (Lipinski definition) is 6. The zero-order chi connectivity index (χ0) is 37.9. The Morgan fingerprint density at radius 1 is 0.731 bits per heavy atom. The van der Waals surface area contributed by atoms with Gasteiger partial charge in [-0.05, 0) is 69.7 Å². The van der Waals surface area contributed by atoms with Gasteiger partial charge in [0.1, 0.15) is 0 Å². The van der Waals surface area contributed by atoms with Crippen LogP contribution in [-0.4, -0.2) is 63.7 Å². The monoisotopic (exact) mass is 709 g/mol. The lowest BCUT2D eigenvalue weighted by atomic mass is 9.85. The van der Waals surface area contributed by atoms with Crippen LogP contribution < -0.4 is 11.1 Å². The van der Waals surface area contributed by atoms with Crippen molar-refractivity contribution >= 4 is 39.3 Å². The summed E-state index contributed by atoms with van der Waals surface area (Å²) in [5.41, 5.74) is 8.60. The highest BCUT2D eigenvalue weighted by atomic mass is 16.3. The SMILES string of the molecule is CC[C@H](C)[C@H](N)C(=O)N(C(=O)C(Cc1cccc2ccccc12)Cc1cccc2ccccc12)[C@@H](CC(C)C)[C@@H](O)CC(=O)N[C@H](CO)[C@@H](C)CC. The molecular weight excluding hydrogens is 651 g/mol. The van der Waals surface area contributed by atoms with Crippen LogP contribution in [0.25, 0.3) is 21.5 Å². The van der Waals surface area contributed by atoms with E-state index in [1.807, 2.05) is 114 Å². The van der Waals surface area contributed by atoms with Crippen LogP contribution in [0.15, 0.2) is 84.9 Å². The van der Waals surface area contributed by atoms with Gasteiger partial charge < -0.3 is 21.3 Å². The predicted molar refractivity (Wildman–Crippen MR) is 210 cm³/mol. The van der Waals surface area contributed by atoms with Crippen molar-refractivity contribution in [3.05, 3.63) is 96.1 Å². The number of nitrogens with zero attached hydrogens (tertiary/aromatic N) is 1. The number of nitrogens with one attached hydrogen (secondary N) is 1. The minimum absolute atomic E-state index is 0.0227. The molecule has 4 rings (SSSR count). The van der Waals surface area contributed by atoms with Crippen molar-refractivity contribution in [2.45, 2.75) is 104 Å². The number of amides is 3. The Hall–Kier alpha value is -4.11. The molecule has 0 saturated heterocycles. The average molecular weight is 710 g/mol. The number of imide groups is 1. The standard InChI is InChI=1S/C44H59N3O5/c1-7-29(5)38(27-48)46-41(50)26-40(49)39(23-28(3)4)47(44(52)42(45)30(6)8-2)43(51)35(24-33-19-13-17-31-15-9-11-21-36(31)33)25-34-20-14-18-32-16-10-12-22-37(32)34/h9-22,28-30,35,38-40,42,48-49H,7-8,23-27,45H2,1-6H3,(H,46,50)/t29-,30-,38+,39-,40-,42-/m0/s1. The van der Waals surface area contributed by atoms with Crippen molar-refractivity contribution in [1.82, 2.24) is 10.2 Å². The second-order valence-electron chi connectivity index (χ2n) is 15.0. The number of carbonyl (C=O) groups is 3. The summed E-state index contributed by atoms with van der Waals surface area (Å²) in [6.07, 6.45) is 0.672. The number of benzene rings is 4. The molecule has 0 fully saturated rings. The minimum Gasteiger partial charge on any atom is -0.394 e. The van der Waals surface area contributed by atoms with Gasteiger partial charge in [0.05, 0.1) is 37.3 Å². The third kappa shape index (κ3) is 10.1. The number of nitrogens with two attached hydrogens (primary N) is 1. The number of carbonyl (C=O) groups excluding carboxylic acids is 3. The van der Waals surface area contributed by atoms with E-state index in [0.29, 0.717) is 19.3 Å². The highest BCUT2D eigenvalue weighted by Gasteiger charge is 2.41. The summed E-state index contributed by atoms with van der Waals surface area (Å²) in [6, 6.07) is 25.8. The first-order chi connectivity index (χ1) is 24.9. The normalized spacial score (nSPS) is 15.3. The fraction of sp³-hybridized carbons (Fsp3) is 0.477. The molecule has 5 N–H and O–H groups in total. The van der Waals surface area contributed by atoms with Crippen LogP contribution in [0.1, 0.15) is 78.4 Å². The minimum atomic E-state index is -1.36. The van der Waals surface area contributed by atoms with Gasteiger partial charge in [-0.15, -0.1) is 0 Å². The fourth-order valence-corrected chi connectivity index (χ4v) is 7.17. The summed E-state index contributed by atoms with van der Waals surface area (Å²) in [5.74, 6) is -2.32. The summed E-state index contributed by atoms with van der Waals surface area (Å²) < 4.78 is 0. The Morgan fingerprint density at radius 3 is 1.71 bits per heavy atom. The highest BCUT2D eigenvalue weighted by molar-refractivity contribution is 6.00. The zero-order valence-electron chi connectivity index (χ0n) is 31.8. The molecule has 0 aliphatic heterocycles. The van der Waals surface area contributed by atoms with Gasteiger partial charge in [-0.3, -0.25) is 19.3 Å². The number of aliphatic hydroxyl groups is 2. The van der Waals surface area contributed by atoms with E-state index in [-0.39, 0.29) is 37.2 Å². The molecule has 0 unspecified atom stereocenters. The van der Waals surface area contributed by atoms with Crippen LogP contribution >= 0.6 is 0 Å². The molecule has 0 saturated carbocycles. The first-order valence-corrected chi connectivity index (χ1v) is 19.0. The Morgan fingerprint density at radius 2 is 1.23 bits per heavy atom. The first-order valence-electron chi connectivity index (χ1n) is 19.0. The maximum atomic E-state index is 15.4. The molecule has 0 spiro atoms. The average Bonchev–Trinajstić information content (AvgIpc) is 3.15. The van der Waals surface area contributed by atoms with Gasteiger partial charge in [0.15, 0.2) is 0 Å². The Labute approximate surface area is 309 Å². The van der Waals surface area contributed by atoms with Gasteiger partial charge in [0, 0.05) is 5.92 Å². The van der Waals surface area contributed by atoms with Crippen molar-refractivity contribution in [3.63, 3.8) is 0 Å². The predicted octanol–water partition coefficient (Wildman–Crippen LogP) is 6.81. The van der Waals surface area contributed by atoms with E-state index >= 15 is 4.79 Å². The Kier molecular flexibility index (Phi) is 14.9. The molecule has 8 heteroatoms. The second kappa shape index (κ2) is 19.1. The van der Waals surface area contributed by atoms with Gasteiger partial charge in [0.2, 0.25) is 17.7 Å². The van der Waals surface area contributed by atoms with E-state index in [0.717, 1.165) is 39.1 Å². The van der Waals surface area contributed by atoms with E-state index in [2.05, 4.69) is 17.4 Å². The van der Waals surface area contributed by atoms with Gasteiger partial charge in [0.25, 0.3) is 0 Å². The molecule has 0 aliphatic carbocycles. The van der Waals surface area contributed by atoms with Crippen LogP contribution in [0.3, 0.4) is 0 Å². The molecule has 4 aromatic carbocycles. The van der Waals surface area contributed by atoms with Crippen molar-refractivity contribution in [1.29, 1.82) is 0 Å². The molecule has 0 aliphatic rings. The summed E-state index contributed by atoms with van der Waals surface area (Å²) in [7, 11) is 0. The second-order valence-corrected chi connectivity index (χ2v) is 15.0. The number of aliphatic hydroxyl groups excluding tert-OH is 2. The lowest BCUT2D eigenvalue weighted by Gasteiger charge is -2.39. The molecule has 0 bridgehead atoms. The summed E-state index contributed by atoms with van der Waals surface area (Å²) in [4.78, 5) is 44.6. The molecule has 0 heterocycles. The van der Waals surface area contributed by atoms with Crippen LogP contribution in [0.5, 0.6) is 0 Å². The first kappa shape index (κ1) is 40.7. The van der Waals surface area contributed by atoms with Crippen LogP contribution in [0.2, 0.25) is 0 Å². The Bertz CT molecular complexity index is 1700. The van der Waals surface area contributed by atoms with E-state index in [4.69, 9.17) is 5.73 Å². The van der Waals surface area contributed by atoms with Crippen LogP contribution in [0, 0.1) is 23.7 Å². The molecule has 280 valence electrons. The molecule has 4 aromatic rings. The molecule has 0 radical (unpaired) electrons. The van der Waals surface area contributed by atoms with E-state index in [1.54, 1.807) is 0 Å². The third-order valence-corrected chi connectivity index (χ3v) is 10.8. The zero-order valence-corrected chi connectivity index (χ0v) is 31.8. The third-order valence-electron chi connectivity index (χ3n) is 10.8. The quantitative estimate of drug-likeness (QED) is 0.0898. The van der Waals surface area contributed by atoms with E-state index in [1.165, 1.54) is 4.90 Å². The summed E-state index contributed by atoms with van der Waals surface area (Å²) in [5, 5.41) is 28.9. The van der Waals surface area contributed by atoms with Crippen molar-refractivity contribution in [2.75, 3.05) is 6.61 Å². The fourth-order valence-electron chi connectivity index (χ4n) is 7.17. The van der Waals surface area contributed by atoms with E-state index in [9.17, 15) is 19.8 Å². The highest BCUT2D eigenvalue weighted by Crippen LogP contribution is 2.30. The van der Waals surface area contributed by atoms with Crippen molar-refractivity contribution in [3.8, 4) is 0 Å². The van der Waals surface area contributed by atoms with Gasteiger partial charge >= 0.3 is 0 Å². The van der Waals surface area contributed by atoms with Gasteiger partial charge in [-0.25, -0.2) is 0 Å². The lowest BCUT2D eigenvalue weighted by Crippen LogP contribution is -2.59. The summed E-state index contributed by atoms with van der Waals surface area (Å²) >= 11 is 0. The van der Waals surface area contributed by atoms with E-state index < -0.39 is 47.9 Å². The molecule has 6 atom stereocenters. The van der Waals surface area contributed by atoms with Crippen molar-refractivity contribution < 1.29 is 24.6 Å². The number of hydrogen-bond donors (Lipinski definition) is 4. The van der Waals surface area contributed by atoms with Crippen LogP contribution in [0.4, 0.5) is 0 Å². The molecule has 0 aromatic heterocycles. The molecule has 8 nitrogen and oxygen atoms in total. The van der Waals surface area contributed by atoms with Gasteiger partial charge in [-0.2, -0.15) is 0 Å². The lowest BCUT2D eigenvalue weighted by molar-refractivity contribution is -0.156. The van der Waals surface area contributed by atoms with Gasteiger partial charge in [-0.1, -0.05) is 139 Å². The smallest absolute Gasteiger partial charge is 0.246 e. The molecular formula is C44H59N3O5. The molecule has 52 heavy (non-hydrogen) atoms. The van der Waals surface area contributed by atoms with Crippen LogP contribution in [-0.2, 0) is 27.2 Å². The topological polar surface area (TPSA) is 133 Å².